The van der Waals surface area contributed by atoms with Crippen molar-refractivity contribution >= 4 is 39.0 Å². The second-order valence-corrected chi connectivity index (χ2v) is 10.6. The maximum absolute atomic E-state index is 14.2. The molecule has 3 aromatic carbocycles. The zero-order valence-corrected chi connectivity index (χ0v) is 19.9. The number of hydrogen-bond acceptors (Lipinski definition) is 6. The normalized spacial score (nSPS) is 20.0. The molecular weight excluding hydrogens is 513 g/mol. The van der Waals surface area contributed by atoms with Gasteiger partial charge in [0.25, 0.3) is 10.8 Å². The first kappa shape index (κ1) is 24.5. The summed E-state index contributed by atoms with van der Waals surface area (Å²) < 4.78 is 73.4. The molecule has 0 aromatic heterocycles. The smallest absolute Gasteiger partial charge is 0.337 e. The van der Waals surface area contributed by atoms with E-state index in [1.807, 2.05) is 0 Å². The Hall–Kier alpha value is -4.19. The molecule has 1 unspecified atom stereocenters. The molecule has 5 rings (SSSR count). The van der Waals surface area contributed by atoms with Gasteiger partial charge in [0, 0.05) is 17.3 Å². The van der Waals surface area contributed by atoms with Gasteiger partial charge in [-0.2, -0.15) is 0 Å². The van der Waals surface area contributed by atoms with Crippen LogP contribution in [0.3, 0.4) is 0 Å². The molecule has 0 aliphatic carbocycles. The molecule has 1 atom stereocenters. The van der Waals surface area contributed by atoms with Crippen LogP contribution in [0.25, 0.3) is 0 Å². The molecule has 0 radical (unpaired) electrons. The standard InChI is InChI=1S/C25H17F3N2O6S/c1-36-23(32)15-4-9-21-18(10-15)25(24(33)29(21)12-14-2-5-16(26)6-3-14)30(22(31)13-37(25,34)35)17-7-8-19(27)20(28)11-17/h2-11H,12-13H2,1H3. The van der Waals surface area contributed by atoms with Gasteiger partial charge in [0.2, 0.25) is 5.91 Å². The average Bonchev–Trinajstić information content (AvgIpc) is 3.23. The number of amides is 2. The second kappa shape index (κ2) is 8.44. The summed E-state index contributed by atoms with van der Waals surface area (Å²) >= 11 is 0. The summed E-state index contributed by atoms with van der Waals surface area (Å²) in [5, 5.41) is 0. The quantitative estimate of drug-likeness (QED) is 0.481. The number of fused-ring (bicyclic) bond motifs is 2. The number of anilines is 2. The lowest BCUT2D eigenvalue weighted by Gasteiger charge is -2.32. The molecule has 0 bridgehead atoms. The van der Waals surface area contributed by atoms with Crippen LogP contribution in [0.2, 0.25) is 0 Å². The van der Waals surface area contributed by atoms with E-state index in [-0.39, 0.29) is 29.0 Å². The predicted octanol–water partition coefficient (Wildman–Crippen LogP) is 3.05. The average molecular weight is 530 g/mol. The minimum absolute atomic E-state index is 0.0628. The van der Waals surface area contributed by atoms with Crippen LogP contribution in [-0.4, -0.2) is 39.1 Å². The molecule has 190 valence electrons. The van der Waals surface area contributed by atoms with Crippen molar-refractivity contribution in [2.45, 2.75) is 11.4 Å². The molecule has 0 N–H and O–H groups in total. The fourth-order valence-corrected chi connectivity index (χ4v) is 6.76. The van der Waals surface area contributed by atoms with Crippen molar-refractivity contribution in [3.63, 3.8) is 0 Å². The number of hydrogen-bond donors (Lipinski definition) is 0. The van der Waals surface area contributed by atoms with Gasteiger partial charge in [0.05, 0.1) is 24.9 Å². The first-order chi connectivity index (χ1) is 17.5. The van der Waals surface area contributed by atoms with Crippen LogP contribution >= 0.6 is 0 Å². The van der Waals surface area contributed by atoms with Gasteiger partial charge in [0.15, 0.2) is 21.5 Å². The number of esters is 1. The molecule has 8 nitrogen and oxygen atoms in total. The molecule has 12 heteroatoms. The van der Waals surface area contributed by atoms with Crippen molar-refractivity contribution in [1.29, 1.82) is 0 Å². The molecule has 1 spiro atoms. The summed E-state index contributed by atoms with van der Waals surface area (Å²) in [7, 11) is -3.53. The van der Waals surface area contributed by atoms with Crippen molar-refractivity contribution in [1.82, 2.24) is 0 Å². The van der Waals surface area contributed by atoms with Crippen LogP contribution in [0.15, 0.2) is 60.7 Å². The number of sulfone groups is 1. The number of benzene rings is 3. The van der Waals surface area contributed by atoms with Crippen molar-refractivity contribution < 1.29 is 40.7 Å². The van der Waals surface area contributed by atoms with Gasteiger partial charge in [-0.3, -0.25) is 14.5 Å². The molecule has 2 aliphatic heterocycles. The van der Waals surface area contributed by atoms with E-state index >= 15 is 0 Å². The van der Waals surface area contributed by atoms with Crippen LogP contribution in [0.4, 0.5) is 24.5 Å². The monoisotopic (exact) mass is 530 g/mol. The molecule has 37 heavy (non-hydrogen) atoms. The maximum Gasteiger partial charge on any atom is 0.337 e. The van der Waals surface area contributed by atoms with E-state index in [4.69, 9.17) is 4.74 Å². The largest absolute Gasteiger partial charge is 0.465 e. The Morgan fingerprint density at radius 3 is 2.32 bits per heavy atom. The van der Waals surface area contributed by atoms with Crippen LogP contribution < -0.4 is 9.80 Å². The second-order valence-electron chi connectivity index (χ2n) is 8.47. The van der Waals surface area contributed by atoms with Gasteiger partial charge in [-0.25, -0.2) is 26.4 Å². The van der Waals surface area contributed by atoms with Crippen molar-refractivity contribution in [3.8, 4) is 0 Å². The topological polar surface area (TPSA) is 101 Å². The lowest BCUT2D eigenvalue weighted by molar-refractivity contribution is -0.123. The number of carbonyl (C=O) groups excluding carboxylic acids is 3. The number of methoxy groups -OCH3 is 1. The third-order valence-electron chi connectivity index (χ3n) is 6.35. The Kier molecular flexibility index (Phi) is 5.59. The predicted molar refractivity (Wildman–Crippen MR) is 125 cm³/mol. The van der Waals surface area contributed by atoms with E-state index in [2.05, 4.69) is 0 Å². The minimum atomic E-state index is -4.64. The summed E-state index contributed by atoms with van der Waals surface area (Å²) in [5.41, 5.74) is -0.185. The molecule has 2 heterocycles. The van der Waals surface area contributed by atoms with Gasteiger partial charge >= 0.3 is 5.97 Å². The fraction of sp³-hybridized carbons (Fsp3) is 0.160. The zero-order chi connectivity index (χ0) is 26.7. The van der Waals surface area contributed by atoms with E-state index in [0.29, 0.717) is 22.6 Å². The van der Waals surface area contributed by atoms with Crippen LogP contribution in [0, 0.1) is 17.5 Å². The lowest BCUT2D eigenvalue weighted by atomic mass is 10.0. The van der Waals surface area contributed by atoms with Crippen LogP contribution in [0.1, 0.15) is 21.5 Å². The van der Waals surface area contributed by atoms with E-state index in [9.17, 15) is 36.0 Å². The highest BCUT2D eigenvalue weighted by atomic mass is 32.2. The van der Waals surface area contributed by atoms with Gasteiger partial charge in [0.1, 0.15) is 11.6 Å². The van der Waals surface area contributed by atoms with Gasteiger partial charge in [-0.1, -0.05) is 12.1 Å². The first-order valence-electron chi connectivity index (χ1n) is 10.8. The van der Waals surface area contributed by atoms with Crippen molar-refractivity contribution in [2.75, 3.05) is 22.7 Å². The van der Waals surface area contributed by atoms with Gasteiger partial charge < -0.3 is 9.64 Å². The fourth-order valence-electron chi connectivity index (χ4n) is 4.74. The molecule has 1 saturated heterocycles. The Balaban J connectivity index is 1.79. The SMILES string of the molecule is COC(=O)c1ccc2c(c1)C1(C(=O)N2Cc2ccc(F)cc2)N(c2ccc(F)c(F)c2)C(=O)CS1(=O)=O. The zero-order valence-electron chi connectivity index (χ0n) is 19.1. The number of nitrogens with zero attached hydrogens (tertiary/aromatic N) is 2. The lowest BCUT2D eigenvalue weighted by Crippen LogP contribution is -2.54. The van der Waals surface area contributed by atoms with E-state index < -0.39 is 55.7 Å². The van der Waals surface area contributed by atoms with Crippen molar-refractivity contribution in [2.24, 2.45) is 0 Å². The summed E-state index contributed by atoms with van der Waals surface area (Å²) in [6, 6.07) is 11.2. The van der Waals surface area contributed by atoms with E-state index in [1.54, 1.807) is 0 Å². The highest BCUT2D eigenvalue weighted by Gasteiger charge is 2.69. The number of carbonyl (C=O) groups is 3. The maximum atomic E-state index is 14.2. The first-order valence-corrected chi connectivity index (χ1v) is 12.5. The third-order valence-corrected chi connectivity index (χ3v) is 8.46. The Morgan fingerprint density at radius 2 is 1.68 bits per heavy atom. The summed E-state index contributed by atoms with van der Waals surface area (Å²) in [5.74, 6) is -7.16. The number of halogens is 3. The van der Waals surface area contributed by atoms with Crippen LogP contribution in [-0.2, 0) is 35.6 Å². The van der Waals surface area contributed by atoms with Gasteiger partial charge in [-0.15, -0.1) is 0 Å². The summed E-state index contributed by atoms with van der Waals surface area (Å²) in [6.07, 6.45) is 0. The van der Waals surface area contributed by atoms with E-state index in [0.717, 1.165) is 36.3 Å². The van der Waals surface area contributed by atoms with E-state index in [1.165, 1.54) is 24.3 Å². The molecule has 3 aromatic rings. The molecule has 2 aliphatic rings. The van der Waals surface area contributed by atoms with Crippen LogP contribution in [0.5, 0.6) is 0 Å². The van der Waals surface area contributed by atoms with Gasteiger partial charge in [-0.05, 0) is 48.0 Å². The summed E-state index contributed by atoms with van der Waals surface area (Å²) in [6.45, 7) is -0.208. The highest BCUT2D eigenvalue weighted by molar-refractivity contribution is 7.94. The molecule has 0 saturated carbocycles. The third kappa shape index (κ3) is 3.50. The molecule has 2 amide bonds. The minimum Gasteiger partial charge on any atom is -0.465 e. The highest BCUT2D eigenvalue weighted by Crippen LogP contribution is 2.53. The Labute approximate surface area is 208 Å². The van der Waals surface area contributed by atoms with Crippen molar-refractivity contribution in [3.05, 3.63) is 94.8 Å². The number of ether oxygens (including phenoxy) is 1. The number of rotatable bonds is 4. The molecular formula is C25H17F3N2O6S. The Bertz CT molecular complexity index is 1590. The summed E-state index contributed by atoms with van der Waals surface area (Å²) in [4.78, 5) is 38.5. The Morgan fingerprint density at radius 1 is 0.973 bits per heavy atom. The molecule has 1 fully saturated rings.